The molecular weight excluding hydrogens is 568 g/mol. The maximum atomic E-state index is 9.78. The summed E-state index contributed by atoms with van der Waals surface area (Å²) < 4.78 is 11.2. The number of halogens is 1. The van der Waals surface area contributed by atoms with E-state index in [1.807, 2.05) is 31.2 Å². The molecule has 2 fully saturated rings. The number of nitrogens with one attached hydrogen (secondary N) is 3. The van der Waals surface area contributed by atoms with Crippen LogP contribution in [0.3, 0.4) is 0 Å². The van der Waals surface area contributed by atoms with Gasteiger partial charge in [0.25, 0.3) is 0 Å². The van der Waals surface area contributed by atoms with Crippen molar-refractivity contribution in [2.45, 2.75) is 77.1 Å². The van der Waals surface area contributed by atoms with Gasteiger partial charge in [0, 0.05) is 48.5 Å². The van der Waals surface area contributed by atoms with Gasteiger partial charge in [-0.1, -0.05) is 17.7 Å². The van der Waals surface area contributed by atoms with Gasteiger partial charge in [0.2, 0.25) is 0 Å². The molecule has 232 valence electrons. The van der Waals surface area contributed by atoms with Crippen LogP contribution in [0.5, 0.6) is 0 Å². The standard InChI is InChI=1S/C30H43ClN10O2/c1-21(17-43-18-29-38-40-41(4)39-29)35-23-8-10-24(11-9-23)36-28(33-3)16-25(22(2)31)26-6-5-7-27(37-26)34-20-30(19-32)12-14-42-15-13-30/h5-7,16,21,23-24,35-36H,3,8-15,17-18,20H2,1-2,4H3,(H,34,37)/b25-22-,28-16+/t21-,23-,24-/m1/s1. The first-order valence-electron chi connectivity index (χ1n) is 14.9. The number of allylic oxidation sites excluding steroid dienone is 3. The lowest BCUT2D eigenvalue weighted by atomic mass is 9.82. The number of aromatic nitrogens is 5. The molecule has 0 bridgehead atoms. The second kappa shape index (κ2) is 15.9. The predicted molar refractivity (Wildman–Crippen MR) is 167 cm³/mol. The molecule has 43 heavy (non-hydrogen) atoms. The highest BCUT2D eigenvalue weighted by Gasteiger charge is 2.32. The number of ether oxygens (including phenoxy) is 2. The van der Waals surface area contributed by atoms with Crippen molar-refractivity contribution < 1.29 is 9.47 Å². The molecule has 1 aliphatic heterocycles. The highest BCUT2D eigenvalue weighted by atomic mass is 35.5. The first-order chi connectivity index (χ1) is 20.8. The molecule has 2 aromatic heterocycles. The number of hydrogen-bond acceptors (Lipinski definition) is 11. The minimum absolute atomic E-state index is 0.218. The van der Waals surface area contributed by atoms with E-state index in [1.165, 1.54) is 4.80 Å². The Morgan fingerprint density at radius 1 is 1.30 bits per heavy atom. The van der Waals surface area contributed by atoms with Crippen LogP contribution in [-0.4, -0.2) is 76.4 Å². The van der Waals surface area contributed by atoms with E-state index in [0.29, 0.717) is 74.4 Å². The predicted octanol–water partition coefficient (Wildman–Crippen LogP) is 3.94. The number of pyridine rings is 1. The molecule has 13 heteroatoms. The molecule has 1 saturated carbocycles. The normalized spacial score (nSPS) is 21.8. The van der Waals surface area contributed by atoms with Crippen LogP contribution in [0.1, 0.15) is 63.9 Å². The molecule has 0 radical (unpaired) electrons. The van der Waals surface area contributed by atoms with Crippen molar-refractivity contribution in [2.24, 2.45) is 17.5 Å². The van der Waals surface area contributed by atoms with Crippen LogP contribution in [0, 0.1) is 16.7 Å². The number of tetrazole rings is 1. The van der Waals surface area contributed by atoms with Crippen LogP contribution in [-0.2, 0) is 23.1 Å². The summed E-state index contributed by atoms with van der Waals surface area (Å²) in [5.41, 5.74) is 1.04. The van der Waals surface area contributed by atoms with Gasteiger partial charge in [-0.25, -0.2) is 9.98 Å². The minimum atomic E-state index is -0.448. The maximum Gasteiger partial charge on any atom is 0.200 e. The van der Waals surface area contributed by atoms with Crippen LogP contribution >= 0.6 is 11.6 Å². The molecule has 4 rings (SSSR count). The van der Waals surface area contributed by atoms with E-state index in [9.17, 15) is 5.26 Å². The van der Waals surface area contributed by atoms with Crippen LogP contribution in [0.4, 0.5) is 5.82 Å². The van der Waals surface area contributed by atoms with Crippen molar-refractivity contribution in [1.29, 1.82) is 5.26 Å². The quantitative estimate of drug-likeness (QED) is 0.212. The highest BCUT2D eigenvalue weighted by molar-refractivity contribution is 6.32. The van der Waals surface area contributed by atoms with Gasteiger partial charge in [0.15, 0.2) is 5.82 Å². The van der Waals surface area contributed by atoms with Gasteiger partial charge in [-0.05, 0) is 82.5 Å². The van der Waals surface area contributed by atoms with E-state index >= 15 is 0 Å². The van der Waals surface area contributed by atoms with Crippen LogP contribution in [0.2, 0.25) is 0 Å². The number of aryl methyl sites for hydroxylation is 1. The molecule has 1 aliphatic carbocycles. The van der Waals surface area contributed by atoms with Crippen molar-refractivity contribution in [2.75, 3.05) is 31.7 Å². The van der Waals surface area contributed by atoms with E-state index in [0.717, 1.165) is 37.0 Å². The summed E-state index contributed by atoms with van der Waals surface area (Å²) in [6, 6.07) is 9.17. The minimum Gasteiger partial charge on any atom is -0.381 e. The number of nitriles is 1. The van der Waals surface area contributed by atoms with Crippen molar-refractivity contribution in [3.8, 4) is 6.07 Å². The third-order valence-corrected chi connectivity index (χ3v) is 8.09. The highest BCUT2D eigenvalue weighted by Crippen LogP contribution is 2.30. The fourth-order valence-electron chi connectivity index (χ4n) is 5.42. The van der Waals surface area contributed by atoms with Gasteiger partial charge >= 0.3 is 0 Å². The topological polar surface area (TPSA) is 147 Å². The smallest absolute Gasteiger partial charge is 0.200 e. The Bertz CT molecular complexity index is 1300. The van der Waals surface area contributed by atoms with Crippen LogP contribution in [0.25, 0.3) is 5.57 Å². The largest absolute Gasteiger partial charge is 0.381 e. The maximum absolute atomic E-state index is 9.78. The fraction of sp³-hybridized carbons (Fsp3) is 0.600. The molecular formula is C30H43ClN10O2. The average Bonchev–Trinajstić information content (AvgIpc) is 3.44. The number of nitrogens with zero attached hydrogens (tertiary/aromatic N) is 7. The van der Waals surface area contributed by atoms with Gasteiger partial charge in [-0.3, -0.25) is 0 Å². The summed E-state index contributed by atoms with van der Waals surface area (Å²) >= 11 is 6.56. The zero-order chi connectivity index (χ0) is 30.7. The van der Waals surface area contributed by atoms with E-state index in [1.54, 1.807) is 7.05 Å². The summed E-state index contributed by atoms with van der Waals surface area (Å²) in [5.74, 6) is 1.94. The van der Waals surface area contributed by atoms with E-state index in [4.69, 9.17) is 26.1 Å². The Morgan fingerprint density at radius 3 is 2.70 bits per heavy atom. The summed E-state index contributed by atoms with van der Waals surface area (Å²) in [6.07, 6.45) is 7.42. The summed E-state index contributed by atoms with van der Waals surface area (Å²) in [6.45, 7) is 10.4. The first-order valence-corrected chi connectivity index (χ1v) is 15.3. The molecule has 0 unspecified atom stereocenters. The number of anilines is 1. The number of hydrogen-bond donors (Lipinski definition) is 3. The van der Waals surface area contributed by atoms with Crippen molar-refractivity contribution in [3.63, 3.8) is 0 Å². The fourth-order valence-corrected chi connectivity index (χ4v) is 5.58. The third kappa shape index (κ3) is 9.83. The Hall–Kier alpha value is -3.37. The summed E-state index contributed by atoms with van der Waals surface area (Å²) in [7, 11) is 1.74. The molecule has 1 saturated heterocycles. The van der Waals surface area contributed by atoms with Crippen LogP contribution in [0.15, 0.2) is 40.1 Å². The summed E-state index contributed by atoms with van der Waals surface area (Å²) in [4.78, 5) is 10.5. The van der Waals surface area contributed by atoms with Gasteiger partial charge in [-0.15, -0.1) is 10.2 Å². The van der Waals surface area contributed by atoms with Gasteiger partial charge in [-0.2, -0.15) is 10.1 Å². The molecule has 3 heterocycles. The zero-order valence-corrected chi connectivity index (χ0v) is 26.1. The molecule has 2 aliphatic rings. The Balaban J connectivity index is 1.28. The van der Waals surface area contributed by atoms with Crippen molar-refractivity contribution in [1.82, 2.24) is 35.8 Å². The lowest BCUT2D eigenvalue weighted by Crippen LogP contribution is -2.44. The third-order valence-electron chi connectivity index (χ3n) is 7.89. The molecule has 1 atom stereocenters. The lowest BCUT2D eigenvalue weighted by molar-refractivity contribution is 0.0455. The Kier molecular flexibility index (Phi) is 12.0. The SMILES string of the molecule is C=N/C(=C\C(=C(/C)Cl)c1cccc(NCC2(C#N)CCOCC2)n1)N[C@H]1CC[C@H](N[C@H](C)COCc2nnn(C)n2)CC1. The first kappa shape index (κ1) is 32.5. The van der Waals surface area contributed by atoms with Gasteiger partial charge in [0.05, 0.1) is 30.8 Å². The molecule has 0 amide bonds. The van der Waals surface area contributed by atoms with Crippen molar-refractivity contribution >= 4 is 29.7 Å². The van der Waals surface area contributed by atoms with Crippen LogP contribution < -0.4 is 16.0 Å². The van der Waals surface area contributed by atoms with Crippen molar-refractivity contribution in [3.05, 3.63) is 46.6 Å². The number of rotatable bonds is 14. The van der Waals surface area contributed by atoms with Gasteiger partial charge in [0.1, 0.15) is 18.2 Å². The Labute approximate surface area is 259 Å². The van der Waals surface area contributed by atoms with E-state index < -0.39 is 5.41 Å². The van der Waals surface area contributed by atoms with E-state index in [-0.39, 0.29) is 12.1 Å². The molecule has 0 aromatic carbocycles. The molecule has 0 spiro atoms. The molecule has 2 aromatic rings. The molecule has 3 N–H and O–H groups in total. The average molecular weight is 611 g/mol. The van der Waals surface area contributed by atoms with Gasteiger partial charge < -0.3 is 25.4 Å². The molecule has 12 nitrogen and oxygen atoms in total. The van der Waals surface area contributed by atoms with E-state index in [2.05, 4.69) is 56.1 Å². The second-order valence-corrected chi connectivity index (χ2v) is 11.9. The lowest BCUT2D eigenvalue weighted by Gasteiger charge is -2.32. The summed E-state index contributed by atoms with van der Waals surface area (Å²) in [5, 5.41) is 32.9. The monoisotopic (exact) mass is 610 g/mol. The number of aliphatic imine (C=N–C) groups is 1. The zero-order valence-electron chi connectivity index (χ0n) is 25.4. The Morgan fingerprint density at radius 2 is 2.05 bits per heavy atom. The second-order valence-electron chi connectivity index (χ2n) is 11.4.